The van der Waals surface area contributed by atoms with Gasteiger partial charge in [0, 0.05) is 18.7 Å². The highest BCUT2D eigenvalue weighted by Gasteiger charge is 2.10. The van der Waals surface area contributed by atoms with Crippen molar-refractivity contribution in [1.29, 1.82) is 0 Å². The molecule has 0 saturated carbocycles. The predicted molar refractivity (Wildman–Crippen MR) is 81.2 cm³/mol. The van der Waals surface area contributed by atoms with Gasteiger partial charge in [-0.2, -0.15) is 0 Å². The Labute approximate surface area is 117 Å². The second-order valence-corrected chi connectivity index (χ2v) is 5.23. The second-order valence-electron chi connectivity index (χ2n) is 5.23. The van der Waals surface area contributed by atoms with Gasteiger partial charge in [0.05, 0.1) is 6.54 Å². The maximum absolute atomic E-state index is 5.85. The van der Waals surface area contributed by atoms with Gasteiger partial charge in [0.2, 0.25) is 0 Å². The lowest BCUT2D eigenvalue weighted by Crippen LogP contribution is -2.24. The summed E-state index contributed by atoms with van der Waals surface area (Å²) < 4.78 is 5.85. The molecule has 1 aromatic rings. The molecule has 0 radical (unpaired) electrons. The summed E-state index contributed by atoms with van der Waals surface area (Å²) in [7, 11) is 0. The van der Waals surface area contributed by atoms with E-state index < -0.39 is 0 Å². The Morgan fingerprint density at radius 3 is 2.74 bits per heavy atom. The standard InChI is InChI=1S/C16H28N2O/c1-6-8-17-10-15-9-16(19-14(15)5)12-18(7-2)11-13(3)4/h9,17H,3,6-8,10-12H2,1-2,4-5H3. The average Bonchev–Trinajstić information content (AvgIpc) is 2.69. The minimum absolute atomic E-state index is 0.859. The number of nitrogens with one attached hydrogen (secondary N) is 1. The molecule has 108 valence electrons. The average molecular weight is 264 g/mol. The van der Waals surface area contributed by atoms with Gasteiger partial charge in [-0.05, 0) is 39.4 Å². The van der Waals surface area contributed by atoms with Crippen molar-refractivity contribution in [3.63, 3.8) is 0 Å². The van der Waals surface area contributed by atoms with Crippen molar-refractivity contribution in [2.45, 2.75) is 47.2 Å². The van der Waals surface area contributed by atoms with Gasteiger partial charge in [-0.3, -0.25) is 4.90 Å². The zero-order valence-corrected chi connectivity index (χ0v) is 12.9. The van der Waals surface area contributed by atoms with Crippen molar-refractivity contribution in [3.05, 3.63) is 35.3 Å². The number of nitrogens with zero attached hydrogens (tertiary/aromatic N) is 1. The predicted octanol–water partition coefficient (Wildman–Crippen LogP) is 3.49. The lowest BCUT2D eigenvalue weighted by molar-refractivity contribution is 0.274. The first-order chi connectivity index (χ1) is 9.06. The lowest BCUT2D eigenvalue weighted by atomic mass is 10.2. The van der Waals surface area contributed by atoms with E-state index in [1.807, 2.05) is 6.92 Å². The van der Waals surface area contributed by atoms with E-state index in [4.69, 9.17) is 4.42 Å². The van der Waals surface area contributed by atoms with Crippen LogP contribution in [-0.2, 0) is 13.1 Å². The van der Waals surface area contributed by atoms with Crippen LogP contribution in [0.3, 0.4) is 0 Å². The fraction of sp³-hybridized carbons (Fsp3) is 0.625. The minimum Gasteiger partial charge on any atom is -0.465 e. The van der Waals surface area contributed by atoms with Crippen molar-refractivity contribution in [2.75, 3.05) is 19.6 Å². The molecule has 0 aliphatic heterocycles. The smallest absolute Gasteiger partial charge is 0.118 e. The van der Waals surface area contributed by atoms with E-state index >= 15 is 0 Å². The van der Waals surface area contributed by atoms with Crippen molar-refractivity contribution >= 4 is 0 Å². The van der Waals surface area contributed by atoms with E-state index in [2.05, 4.69) is 43.6 Å². The number of rotatable bonds is 9. The second kappa shape index (κ2) is 8.18. The molecular formula is C16H28N2O. The number of aryl methyl sites for hydroxylation is 1. The normalized spacial score (nSPS) is 11.2. The van der Waals surface area contributed by atoms with Crippen molar-refractivity contribution in [3.8, 4) is 0 Å². The molecule has 1 N–H and O–H groups in total. The SMILES string of the molecule is C=C(C)CN(CC)Cc1cc(CNCCC)c(C)o1. The minimum atomic E-state index is 0.859. The van der Waals surface area contributed by atoms with Crippen molar-refractivity contribution < 1.29 is 4.42 Å². The van der Waals surface area contributed by atoms with E-state index in [0.29, 0.717) is 0 Å². The van der Waals surface area contributed by atoms with Gasteiger partial charge < -0.3 is 9.73 Å². The van der Waals surface area contributed by atoms with E-state index in [1.165, 1.54) is 11.1 Å². The quantitative estimate of drug-likeness (QED) is 0.547. The van der Waals surface area contributed by atoms with E-state index in [1.54, 1.807) is 0 Å². The molecule has 0 atom stereocenters. The molecule has 0 saturated heterocycles. The molecule has 19 heavy (non-hydrogen) atoms. The van der Waals surface area contributed by atoms with Crippen LogP contribution in [0, 0.1) is 6.92 Å². The molecule has 0 unspecified atom stereocenters. The molecule has 0 aromatic carbocycles. The summed E-state index contributed by atoms with van der Waals surface area (Å²) >= 11 is 0. The zero-order chi connectivity index (χ0) is 14.3. The molecule has 1 rings (SSSR count). The number of furan rings is 1. The summed E-state index contributed by atoms with van der Waals surface area (Å²) in [6.07, 6.45) is 1.16. The first-order valence-electron chi connectivity index (χ1n) is 7.22. The van der Waals surface area contributed by atoms with Gasteiger partial charge in [0.1, 0.15) is 11.5 Å². The molecule has 0 fully saturated rings. The highest BCUT2D eigenvalue weighted by atomic mass is 16.3. The Hall–Kier alpha value is -1.06. The number of hydrogen-bond acceptors (Lipinski definition) is 3. The van der Waals surface area contributed by atoms with Crippen LogP contribution in [-0.4, -0.2) is 24.5 Å². The topological polar surface area (TPSA) is 28.4 Å². The summed E-state index contributed by atoms with van der Waals surface area (Å²) in [4.78, 5) is 2.34. The van der Waals surface area contributed by atoms with Crippen LogP contribution in [0.2, 0.25) is 0 Å². The first-order valence-corrected chi connectivity index (χ1v) is 7.22. The maximum Gasteiger partial charge on any atom is 0.118 e. The van der Waals surface area contributed by atoms with Gasteiger partial charge >= 0.3 is 0 Å². The molecule has 3 nitrogen and oxygen atoms in total. The van der Waals surface area contributed by atoms with Crippen LogP contribution in [0.15, 0.2) is 22.6 Å². The van der Waals surface area contributed by atoms with Crippen LogP contribution >= 0.6 is 0 Å². The van der Waals surface area contributed by atoms with Gasteiger partial charge in [0.25, 0.3) is 0 Å². The van der Waals surface area contributed by atoms with E-state index in [-0.39, 0.29) is 0 Å². The highest BCUT2D eigenvalue weighted by molar-refractivity contribution is 5.20. The van der Waals surface area contributed by atoms with Gasteiger partial charge in [-0.15, -0.1) is 0 Å². The lowest BCUT2D eigenvalue weighted by Gasteiger charge is -2.18. The fourth-order valence-electron chi connectivity index (χ4n) is 2.12. The van der Waals surface area contributed by atoms with Gasteiger partial charge in [0.15, 0.2) is 0 Å². The zero-order valence-electron chi connectivity index (χ0n) is 12.9. The monoisotopic (exact) mass is 264 g/mol. The molecule has 0 aliphatic rings. The van der Waals surface area contributed by atoms with Crippen LogP contribution in [0.25, 0.3) is 0 Å². The van der Waals surface area contributed by atoms with E-state index in [0.717, 1.165) is 50.7 Å². The van der Waals surface area contributed by atoms with Crippen molar-refractivity contribution in [1.82, 2.24) is 10.2 Å². The fourth-order valence-corrected chi connectivity index (χ4v) is 2.12. The first kappa shape index (κ1) is 16.0. The van der Waals surface area contributed by atoms with Crippen LogP contribution in [0.4, 0.5) is 0 Å². The summed E-state index contributed by atoms with van der Waals surface area (Å²) in [5, 5.41) is 3.42. The summed E-state index contributed by atoms with van der Waals surface area (Å²) in [6, 6.07) is 2.18. The third-order valence-electron chi connectivity index (χ3n) is 3.13. The van der Waals surface area contributed by atoms with Gasteiger partial charge in [-0.1, -0.05) is 26.0 Å². The highest BCUT2D eigenvalue weighted by Crippen LogP contribution is 2.16. The van der Waals surface area contributed by atoms with Crippen LogP contribution in [0.5, 0.6) is 0 Å². The summed E-state index contributed by atoms with van der Waals surface area (Å²) in [5.41, 5.74) is 2.46. The van der Waals surface area contributed by atoms with Gasteiger partial charge in [-0.25, -0.2) is 0 Å². The third-order valence-corrected chi connectivity index (χ3v) is 3.13. The van der Waals surface area contributed by atoms with Crippen LogP contribution < -0.4 is 5.32 Å². The van der Waals surface area contributed by atoms with Crippen molar-refractivity contribution in [2.24, 2.45) is 0 Å². The molecular weight excluding hydrogens is 236 g/mol. The maximum atomic E-state index is 5.85. The molecule has 1 aromatic heterocycles. The largest absolute Gasteiger partial charge is 0.465 e. The Bertz CT molecular complexity index is 395. The molecule has 0 bridgehead atoms. The Morgan fingerprint density at radius 1 is 1.42 bits per heavy atom. The number of hydrogen-bond donors (Lipinski definition) is 1. The van der Waals surface area contributed by atoms with E-state index in [9.17, 15) is 0 Å². The van der Waals surface area contributed by atoms with Crippen LogP contribution in [0.1, 0.15) is 44.3 Å². The molecule has 0 aliphatic carbocycles. The molecule has 0 spiro atoms. The molecule has 0 amide bonds. The molecule has 3 heteroatoms. The number of likely N-dealkylation sites (N-methyl/N-ethyl adjacent to an activating group) is 1. The Balaban J connectivity index is 2.58. The molecule has 1 heterocycles. The summed E-state index contributed by atoms with van der Waals surface area (Å²) in [5.74, 6) is 2.08. The third kappa shape index (κ3) is 5.62. The Kier molecular flexibility index (Phi) is 6.89. The summed E-state index contributed by atoms with van der Waals surface area (Å²) in [6.45, 7) is 17.2. The Morgan fingerprint density at radius 2 is 2.16 bits per heavy atom.